The van der Waals surface area contributed by atoms with E-state index in [-0.39, 0.29) is 5.54 Å². The summed E-state index contributed by atoms with van der Waals surface area (Å²) in [7, 11) is 0. The molecule has 4 nitrogen and oxygen atoms in total. The van der Waals surface area contributed by atoms with Crippen LogP contribution in [0.5, 0.6) is 5.75 Å². The Hall–Kier alpha value is -1.57. The van der Waals surface area contributed by atoms with Gasteiger partial charge in [-0.1, -0.05) is 0 Å². The molecule has 1 N–H and O–H groups in total. The summed E-state index contributed by atoms with van der Waals surface area (Å²) in [6, 6.07) is 9.45. The number of hydrogen-bond acceptors (Lipinski definition) is 4. The molecule has 2 fully saturated rings. The van der Waals surface area contributed by atoms with E-state index in [2.05, 4.69) is 30.1 Å². The average Bonchev–Trinajstić information content (AvgIpc) is 3.03. The SMILES string of the molecule is CC1(C)C2CNCC2CN1CCOc1ccc(C#N)cc1. The molecule has 2 aliphatic rings. The van der Waals surface area contributed by atoms with E-state index in [1.165, 1.54) is 6.54 Å². The van der Waals surface area contributed by atoms with Gasteiger partial charge in [0.25, 0.3) is 0 Å². The van der Waals surface area contributed by atoms with Gasteiger partial charge in [-0.05, 0) is 56.5 Å². The summed E-state index contributed by atoms with van der Waals surface area (Å²) >= 11 is 0. The number of rotatable bonds is 4. The van der Waals surface area contributed by atoms with Gasteiger partial charge in [-0.2, -0.15) is 5.26 Å². The molecule has 1 aromatic rings. The highest BCUT2D eigenvalue weighted by molar-refractivity contribution is 5.34. The molecule has 2 atom stereocenters. The van der Waals surface area contributed by atoms with Crippen LogP contribution in [0.4, 0.5) is 0 Å². The smallest absolute Gasteiger partial charge is 0.119 e. The number of ether oxygens (including phenoxy) is 1. The number of hydrogen-bond donors (Lipinski definition) is 1. The Morgan fingerprint density at radius 3 is 2.76 bits per heavy atom. The molecule has 0 aliphatic carbocycles. The van der Waals surface area contributed by atoms with Crippen molar-refractivity contribution in [1.82, 2.24) is 10.2 Å². The fraction of sp³-hybridized carbons (Fsp3) is 0.588. The van der Waals surface area contributed by atoms with Crippen LogP contribution in [0.3, 0.4) is 0 Å². The summed E-state index contributed by atoms with van der Waals surface area (Å²) in [6.45, 7) is 9.83. The highest BCUT2D eigenvalue weighted by Gasteiger charge is 2.49. The molecule has 112 valence electrons. The van der Waals surface area contributed by atoms with Gasteiger partial charge in [-0.3, -0.25) is 4.90 Å². The maximum Gasteiger partial charge on any atom is 0.119 e. The van der Waals surface area contributed by atoms with Crippen LogP contribution in [0.15, 0.2) is 24.3 Å². The Morgan fingerprint density at radius 1 is 1.33 bits per heavy atom. The monoisotopic (exact) mass is 285 g/mol. The fourth-order valence-corrected chi connectivity index (χ4v) is 3.78. The van der Waals surface area contributed by atoms with Crippen LogP contribution in [0.2, 0.25) is 0 Å². The van der Waals surface area contributed by atoms with Crippen molar-refractivity contribution in [3.8, 4) is 11.8 Å². The number of fused-ring (bicyclic) bond motifs is 1. The molecule has 2 unspecified atom stereocenters. The molecule has 0 aromatic heterocycles. The summed E-state index contributed by atoms with van der Waals surface area (Å²) in [6.07, 6.45) is 0. The lowest BCUT2D eigenvalue weighted by molar-refractivity contribution is 0.117. The van der Waals surface area contributed by atoms with Gasteiger partial charge in [0.2, 0.25) is 0 Å². The maximum absolute atomic E-state index is 8.78. The highest BCUT2D eigenvalue weighted by Crippen LogP contribution is 2.40. The molecule has 2 aliphatic heterocycles. The molecule has 0 spiro atoms. The van der Waals surface area contributed by atoms with Crippen LogP contribution in [-0.2, 0) is 0 Å². The second kappa shape index (κ2) is 5.67. The van der Waals surface area contributed by atoms with Crippen LogP contribution in [0.1, 0.15) is 19.4 Å². The Bertz CT molecular complexity index is 532. The lowest BCUT2D eigenvalue weighted by atomic mass is 9.85. The van der Waals surface area contributed by atoms with E-state index in [0.29, 0.717) is 12.2 Å². The Morgan fingerprint density at radius 2 is 2.10 bits per heavy atom. The van der Waals surface area contributed by atoms with Crippen LogP contribution >= 0.6 is 0 Å². The minimum atomic E-state index is 0.252. The van der Waals surface area contributed by atoms with Gasteiger partial charge < -0.3 is 10.1 Å². The summed E-state index contributed by atoms with van der Waals surface area (Å²) in [5, 5.41) is 12.3. The highest BCUT2D eigenvalue weighted by atomic mass is 16.5. The van der Waals surface area contributed by atoms with Crippen LogP contribution < -0.4 is 10.1 Å². The molecule has 1 aromatic carbocycles. The zero-order valence-corrected chi connectivity index (χ0v) is 12.8. The molecular weight excluding hydrogens is 262 g/mol. The van der Waals surface area contributed by atoms with Gasteiger partial charge in [0.1, 0.15) is 12.4 Å². The molecule has 2 heterocycles. The second-order valence-corrected chi connectivity index (χ2v) is 6.61. The second-order valence-electron chi connectivity index (χ2n) is 6.61. The number of nitrogens with zero attached hydrogens (tertiary/aromatic N) is 2. The normalized spacial score (nSPS) is 27.3. The number of likely N-dealkylation sites (tertiary alicyclic amines) is 1. The Kier molecular flexibility index (Phi) is 3.88. The predicted octanol–water partition coefficient (Wildman–Crippen LogP) is 1.87. The molecule has 0 bridgehead atoms. The van der Waals surface area contributed by atoms with Gasteiger partial charge in [-0.15, -0.1) is 0 Å². The quantitative estimate of drug-likeness (QED) is 0.917. The van der Waals surface area contributed by atoms with Crippen LogP contribution in [0.25, 0.3) is 0 Å². The van der Waals surface area contributed by atoms with E-state index in [4.69, 9.17) is 10.00 Å². The Labute approximate surface area is 126 Å². The van der Waals surface area contributed by atoms with Crippen molar-refractivity contribution in [2.45, 2.75) is 19.4 Å². The van der Waals surface area contributed by atoms with E-state index >= 15 is 0 Å². The summed E-state index contributed by atoms with van der Waals surface area (Å²) in [4.78, 5) is 2.56. The van der Waals surface area contributed by atoms with Crippen molar-refractivity contribution < 1.29 is 4.74 Å². The van der Waals surface area contributed by atoms with Gasteiger partial charge in [0.15, 0.2) is 0 Å². The third-order valence-corrected chi connectivity index (χ3v) is 5.13. The van der Waals surface area contributed by atoms with Crippen molar-refractivity contribution >= 4 is 0 Å². The van der Waals surface area contributed by atoms with Crippen LogP contribution in [-0.4, -0.2) is 43.2 Å². The van der Waals surface area contributed by atoms with Gasteiger partial charge in [0.05, 0.1) is 11.6 Å². The first-order chi connectivity index (χ1) is 10.1. The van der Waals surface area contributed by atoms with E-state index in [9.17, 15) is 0 Å². The number of nitriles is 1. The Balaban J connectivity index is 1.52. The molecule has 0 saturated carbocycles. The molecule has 2 saturated heterocycles. The summed E-state index contributed by atoms with van der Waals surface area (Å²) < 4.78 is 5.82. The van der Waals surface area contributed by atoms with Gasteiger partial charge in [0, 0.05) is 25.2 Å². The van der Waals surface area contributed by atoms with E-state index < -0.39 is 0 Å². The first-order valence-electron chi connectivity index (χ1n) is 7.70. The third kappa shape index (κ3) is 2.76. The topological polar surface area (TPSA) is 48.3 Å². The van der Waals surface area contributed by atoms with Crippen molar-refractivity contribution in [3.05, 3.63) is 29.8 Å². The van der Waals surface area contributed by atoms with Crippen molar-refractivity contribution in [1.29, 1.82) is 5.26 Å². The van der Waals surface area contributed by atoms with E-state index in [0.717, 1.165) is 37.2 Å². The summed E-state index contributed by atoms with van der Waals surface area (Å²) in [5.41, 5.74) is 0.922. The van der Waals surface area contributed by atoms with Gasteiger partial charge >= 0.3 is 0 Å². The zero-order chi connectivity index (χ0) is 14.9. The minimum absolute atomic E-state index is 0.252. The van der Waals surface area contributed by atoms with Crippen molar-refractivity contribution in [2.24, 2.45) is 11.8 Å². The maximum atomic E-state index is 8.78. The molecule has 4 heteroatoms. The lowest BCUT2D eigenvalue weighted by Gasteiger charge is -2.35. The lowest BCUT2D eigenvalue weighted by Crippen LogP contribution is -2.46. The third-order valence-electron chi connectivity index (χ3n) is 5.13. The van der Waals surface area contributed by atoms with Crippen molar-refractivity contribution in [3.63, 3.8) is 0 Å². The molecule has 0 amide bonds. The largest absolute Gasteiger partial charge is 0.492 e. The molecule has 21 heavy (non-hydrogen) atoms. The first-order valence-corrected chi connectivity index (χ1v) is 7.70. The van der Waals surface area contributed by atoms with Crippen LogP contribution in [0, 0.1) is 23.2 Å². The fourth-order valence-electron chi connectivity index (χ4n) is 3.78. The number of benzene rings is 1. The molecule has 0 radical (unpaired) electrons. The molecule has 3 rings (SSSR count). The average molecular weight is 285 g/mol. The van der Waals surface area contributed by atoms with E-state index in [1.54, 1.807) is 12.1 Å². The number of nitrogens with one attached hydrogen (secondary N) is 1. The minimum Gasteiger partial charge on any atom is -0.492 e. The van der Waals surface area contributed by atoms with Gasteiger partial charge in [-0.25, -0.2) is 0 Å². The zero-order valence-electron chi connectivity index (χ0n) is 12.8. The van der Waals surface area contributed by atoms with Crippen molar-refractivity contribution in [2.75, 3.05) is 32.8 Å². The molecular formula is C17H23N3O. The predicted molar refractivity (Wildman–Crippen MR) is 82.2 cm³/mol. The standard InChI is InChI=1S/C17H23N3O/c1-17(2)16-11-19-10-14(16)12-20(17)7-8-21-15-5-3-13(9-18)4-6-15/h3-6,14,16,19H,7-8,10-12H2,1-2H3. The summed E-state index contributed by atoms with van der Waals surface area (Å²) in [5.74, 6) is 2.38. The van der Waals surface area contributed by atoms with E-state index in [1.807, 2.05) is 12.1 Å². The first kappa shape index (κ1) is 14.4.